The molecule has 108 valence electrons. The molecule has 0 fully saturated rings. The Hall–Kier alpha value is -1.97. The standard InChI is InChI=1S/C16H14Cl2N2O/c1-11-4-2-3-5-12(11)6-7-19-16(21)20-15-9-13(17)8-14(18)10-15/h2-10H,1H3,(H2,19,20,21)/b7-6+. The van der Waals surface area contributed by atoms with Gasteiger partial charge in [0.25, 0.3) is 0 Å². The van der Waals surface area contributed by atoms with Crippen molar-refractivity contribution in [2.24, 2.45) is 0 Å². The van der Waals surface area contributed by atoms with E-state index in [4.69, 9.17) is 23.2 Å². The van der Waals surface area contributed by atoms with Crippen molar-refractivity contribution >= 4 is 41.0 Å². The molecule has 0 bridgehead atoms. The lowest BCUT2D eigenvalue weighted by Crippen LogP contribution is -2.23. The fourth-order valence-corrected chi connectivity index (χ4v) is 2.30. The number of anilines is 1. The molecule has 0 aliphatic heterocycles. The average molecular weight is 321 g/mol. The van der Waals surface area contributed by atoms with Gasteiger partial charge in [0.05, 0.1) is 0 Å². The number of carbonyl (C=O) groups excluding carboxylic acids is 1. The van der Waals surface area contributed by atoms with E-state index >= 15 is 0 Å². The van der Waals surface area contributed by atoms with Gasteiger partial charge >= 0.3 is 6.03 Å². The van der Waals surface area contributed by atoms with Gasteiger partial charge in [-0.2, -0.15) is 0 Å². The van der Waals surface area contributed by atoms with E-state index in [0.717, 1.165) is 11.1 Å². The molecule has 2 amide bonds. The van der Waals surface area contributed by atoms with E-state index in [-0.39, 0.29) is 6.03 Å². The highest BCUT2D eigenvalue weighted by Crippen LogP contribution is 2.22. The number of urea groups is 1. The van der Waals surface area contributed by atoms with Gasteiger partial charge in [-0.05, 0) is 42.3 Å². The van der Waals surface area contributed by atoms with Crippen LogP contribution in [-0.4, -0.2) is 6.03 Å². The predicted molar refractivity (Wildman–Crippen MR) is 88.8 cm³/mol. The van der Waals surface area contributed by atoms with E-state index < -0.39 is 0 Å². The van der Waals surface area contributed by atoms with E-state index in [0.29, 0.717) is 15.7 Å². The maximum atomic E-state index is 11.8. The van der Waals surface area contributed by atoms with Crippen LogP contribution in [0.5, 0.6) is 0 Å². The summed E-state index contributed by atoms with van der Waals surface area (Å²) in [6.07, 6.45) is 3.42. The summed E-state index contributed by atoms with van der Waals surface area (Å²) in [6, 6.07) is 12.4. The second kappa shape index (κ2) is 7.16. The Kier molecular flexibility index (Phi) is 5.26. The quantitative estimate of drug-likeness (QED) is 0.812. The summed E-state index contributed by atoms with van der Waals surface area (Å²) in [5.41, 5.74) is 2.72. The molecule has 0 saturated carbocycles. The van der Waals surface area contributed by atoms with E-state index in [1.54, 1.807) is 24.4 Å². The van der Waals surface area contributed by atoms with Gasteiger partial charge in [0.15, 0.2) is 0 Å². The number of benzene rings is 2. The highest BCUT2D eigenvalue weighted by Gasteiger charge is 2.02. The van der Waals surface area contributed by atoms with Crippen LogP contribution in [0.3, 0.4) is 0 Å². The van der Waals surface area contributed by atoms with Crippen LogP contribution in [0.2, 0.25) is 10.0 Å². The Morgan fingerprint density at radius 2 is 1.76 bits per heavy atom. The third-order valence-electron chi connectivity index (χ3n) is 2.79. The molecule has 3 nitrogen and oxygen atoms in total. The molecule has 0 unspecified atom stereocenters. The lowest BCUT2D eigenvalue weighted by molar-refractivity contribution is 0.255. The Labute approximate surface area is 133 Å². The van der Waals surface area contributed by atoms with Gasteiger partial charge in [-0.1, -0.05) is 47.5 Å². The molecule has 0 radical (unpaired) electrons. The lowest BCUT2D eigenvalue weighted by atomic mass is 10.1. The molecule has 5 heteroatoms. The first kappa shape index (κ1) is 15.4. The van der Waals surface area contributed by atoms with Crippen molar-refractivity contribution in [2.75, 3.05) is 5.32 Å². The zero-order valence-corrected chi connectivity index (χ0v) is 12.9. The van der Waals surface area contributed by atoms with E-state index in [1.807, 2.05) is 37.3 Å². The summed E-state index contributed by atoms with van der Waals surface area (Å²) >= 11 is 11.7. The van der Waals surface area contributed by atoms with Gasteiger partial charge in [-0.25, -0.2) is 4.79 Å². The van der Waals surface area contributed by atoms with E-state index in [9.17, 15) is 4.79 Å². The number of nitrogens with one attached hydrogen (secondary N) is 2. The van der Waals surface area contributed by atoms with Crippen molar-refractivity contribution in [3.05, 3.63) is 69.8 Å². The average Bonchev–Trinajstić information content (AvgIpc) is 2.39. The Morgan fingerprint density at radius 1 is 1.10 bits per heavy atom. The van der Waals surface area contributed by atoms with Crippen LogP contribution in [0.15, 0.2) is 48.7 Å². The molecule has 0 heterocycles. The summed E-state index contributed by atoms with van der Waals surface area (Å²) in [5, 5.41) is 6.22. The second-order valence-corrected chi connectivity index (χ2v) is 5.32. The van der Waals surface area contributed by atoms with Gasteiger partial charge < -0.3 is 10.6 Å². The van der Waals surface area contributed by atoms with Crippen molar-refractivity contribution in [1.29, 1.82) is 0 Å². The lowest BCUT2D eigenvalue weighted by Gasteiger charge is -2.06. The van der Waals surface area contributed by atoms with Gasteiger partial charge in [0.2, 0.25) is 0 Å². The number of rotatable bonds is 3. The van der Waals surface area contributed by atoms with Crippen molar-refractivity contribution in [3.63, 3.8) is 0 Å². The van der Waals surface area contributed by atoms with Crippen molar-refractivity contribution in [3.8, 4) is 0 Å². The molecule has 2 N–H and O–H groups in total. The van der Waals surface area contributed by atoms with Crippen LogP contribution in [-0.2, 0) is 0 Å². The van der Waals surface area contributed by atoms with E-state index in [2.05, 4.69) is 10.6 Å². The Balaban J connectivity index is 1.95. The normalized spacial score (nSPS) is 10.6. The first-order chi connectivity index (χ1) is 10.0. The molecule has 2 aromatic carbocycles. The van der Waals surface area contributed by atoms with Crippen LogP contribution in [0.4, 0.5) is 10.5 Å². The summed E-state index contributed by atoms with van der Waals surface area (Å²) < 4.78 is 0. The highest BCUT2D eigenvalue weighted by molar-refractivity contribution is 6.35. The first-order valence-corrected chi connectivity index (χ1v) is 7.06. The Bertz CT molecular complexity index is 663. The minimum atomic E-state index is -0.363. The summed E-state index contributed by atoms with van der Waals surface area (Å²) in [7, 11) is 0. The van der Waals surface area contributed by atoms with Gasteiger partial charge in [-0.3, -0.25) is 0 Å². The SMILES string of the molecule is Cc1ccccc1/C=C/NC(=O)Nc1cc(Cl)cc(Cl)c1. The zero-order chi connectivity index (χ0) is 15.2. The second-order valence-electron chi connectivity index (χ2n) is 4.45. The highest BCUT2D eigenvalue weighted by atomic mass is 35.5. The number of halogens is 2. The minimum Gasteiger partial charge on any atom is -0.314 e. The molecule has 0 aromatic heterocycles. The topological polar surface area (TPSA) is 41.1 Å². The van der Waals surface area contributed by atoms with Crippen molar-refractivity contribution in [2.45, 2.75) is 6.92 Å². The molecule has 0 spiro atoms. The largest absolute Gasteiger partial charge is 0.323 e. The molecule has 21 heavy (non-hydrogen) atoms. The molecule has 0 saturated heterocycles. The number of amides is 2. The van der Waals surface area contributed by atoms with Crippen LogP contribution in [0, 0.1) is 6.92 Å². The molecular formula is C16H14Cl2N2O. The smallest absolute Gasteiger partial charge is 0.314 e. The summed E-state index contributed by atoms with van der Waals surface area (Å²) in [5.74, 6) is 0. The van der Waals surface area contributed by atoms with Crippen molar-refractivity contribution in [1.82, 2.24) is 5.32 Å². The molecule has 0 aliphatic rings. The van der Waals surface area contributed by atoms with Crippen LogP contribution in [0.25, 0.3) is 6.08 Å². The summed E-state index contributed by atoms with van der Waals surface area (Å²) in [4.78, 5) is 11.8. The van der Waals surface area contributed by atoms with Gasteiger partial charge in [0.1, 0.15) is 0 Å². The first-order valence-electron chi connectivity index (χ1n) is 6.30. The van der Waals surface area contributed by atoms with E-state index in [1.165, 1.54) is 0 Å². The maximum absolute atomic E-state index is 11.8. The number of carbonyl (C=O) groups is 1. The Morgan fingerprint density at radius 3 is 2.43 bits per heavy atom. The fraction of sp³-hybridized carbons (Fsp3) is 0.0625. The third kappa shape index (κ3) is 4.81. The predicted octanol–water partition coefficient (Wildman–Crippen LogP) is 5.09. The molecule has 0 atom stereocenters. The fourth-order valence-electron chi connectivity index (χ4n) is 1.77. The molecule has 2 rings (SSSR count). The van der Waals surface area contributed by atoms with Crippen LogP contribution >= 0.6 is 23.2 Å². The minimum absolute atomic E-state index is 0.363. The van der Waals surface area contributed by atoms with Crippen LogP contribution < -0.4 is 10.6 Å². The van der Waals surface area contributed by atoms with Gasteiger partial charge in [0, 0.05) is 21.9 Å². The third-order valence-corrected chi connectivity index (χ3v) is 3.22. The maximum Gasteiger partial charge on any atom is 0.323 e. The number of hydrogen-bond donors (Lipinski definition) is 2. The number of aryl methyl sites for hydroxylation is 1. The summed E-state index contributed by atoms with van der Waals surface area (Å²) in [6.45, 7) is 2.01. The number of hydrogen-bond acceptors (Lipinski definition) is 1. The van der Waals surface area contributed by atoms with Crippen LogP contribution in [0.1, 0.15) is 11.1 Å². The zero-order valence-electron chi connectivity index (χ0n) is 11.4. The van der Waals surface area contributed by atoms with Crippen molar-refractivity contribution < 1.29 is 4.79 Å². The molecular weight excluding hydrogens is 307 g/mol. The van der Waals surface area contributed by atoms with Gasteiger partial charge in [-0.15, -0.1) is 0 Å². The molecule has 2 aromatic rings. The monoisotopic (exact) mass is 320 g/mol. The molecule has 0 aliphatic carbocycles.